The molecular formula is C16H19ClN4O3. The van der Waals surface area contributed by atoms with Crippen molar-refractivity contribution in [2.24, 2.45) is 0 Å². The summed E-state index contributed by atoms with van der Waals surface area (Å²) in [5.74, 6) is 1.03. The molecule has 128 valence electrons. The summed E-state index contributed by atoms with van der Waals surface area (Å²) in [7, 11) is 1.53. The van der Waals surface area contributed by atoms with Crippen LogP contribution in [0.3, 0.4) is 0 Å². The van der Waals surface area contributed by atoms with E-state index in [9.17, 15) is 9.59 Å². The molecule has 0 fully saturated rings. The minimum atomic E-state index is -0.503. The Morgan fingerprint density at radius 3 is 2.79 bits per heavy atom. The highest BCUT2D eigenvalue weighted by molar-refractivity contribution is 6.32. The van der Waals surface area contributed by atoms with E-state index in [0.717, 1.165) is 13.0 Å². The average molecular weight is 351 g/mol. The zero-order chi connectivity index (χ0) is 17.3. The van der Waals surface area contributed by atoms with E-state index in [0.29, 0.717) is 41.1 Å². The summed E-state index contributed by atoms with van der Waals surface area (Å²) in [6.45, 7) is 4.03. The number of rotatable bonds is 4. The van der Waals surface area contributed by atoms with Crippen LogP contribution in [0.5, 0.6) is 5.75 Å². The van der Waals surface area contributed by atoms with E-state index < -0.39 is 5.69 Å². The normalized spacial score (nSPS) is 14.1. The van der Waals surface area contributed by atoms with Crippen molar-refractivity contribution in [1.82, 2.24) is 14.5 Å². The number of H-pyrrole nitrogens is 1. The molecule has 2 N–H and O–H groups in total. The van der Waals surface area contributed by atoms with Crippen LogP contribution in [-0.4, -0.2) is 34.8 Å². The maximum atomic E-state index is 12.4. The first-order chi connectivity index (χ1) is 11.5. The lowest BCUT2D eigenvalue weighted by molar-refractivity contribution is 0.273. The first-order valence-corrected chi connectivity index (χ1v) is 8.11. The molecule has 0 unspecified atom stereocenters. The van der Waals surface area contributed by atoms with E-state index in [4.69, 9.17) is 16.3 Å². The molecule has 24 heavy (non-hydrogen) atoms. The number of benzene rings is 1. The highest BCUT2D eigenvalue weighted by Crippen LogP contribution is 2.28. The number of ether oxygens (including phenoxy) is 1. The van der Waals surface area contributed by atoms with Crippen LogP contribution < -0.4 is 21.3 Å². The van der Waals surface area contributed by atoms with E-state index >= 15 is 0 Å². The Bertz CT molecular complexity index is 875. The Balaban J connectivity index is 2.13. The summed E-state index contributed by atoms with van der Waals surface area (Å²) in [4.78, 5) is 29.1. The lowest BCUT2D eigenvalue weighted by atomic mass is 10.2. The second-order valence-electron chi connectivity index (χ2n) is 5.63. The highest BCUT2D eigenvalue weighted by atomic mass is 35.5. The van der Waals surface area contributed by atoms with Gasteiger partial charge in [-0.15, -0.1) is 0 Å². The third-order valence-electron chi connectivity index (χ3n) is 3.99. The minimum Gasteiger partial charge on any atom is -0.495 e. The van der Waals surface area contributed by atoms with Gasteiger partial charge in [0.15, 0.2) is 0 Å². The van der Waals surface area contributed by atoms with Crippen molar-refractivity contribution in [3.05, 3.63) is 49.6 Å². The van der Waals surface area contributed by atoms with Gasteiger partial charge in [-0.1, -0.05) is 18.5 Å². The van der Waals surface area contributed by atoms with Crippen molar-refractivity contribution in [3.8, 4) is 11.4 Å². The molecule has 0 spiro atoms. The van der Waals surface area contributed by atoms with Crippen molar-refractivity contribution in [1.29, 1.82) is 0 Å². The molecular weight excluding hydrogens is 332 g/mol. The van der Waals surface area contributed by atoms with Crippen molar-refractivity contribution >= 4 is 17.4 Å². The van der Waals surface area contributed by atoms with Gasteiger partial charge in [0.2, 0.25) is 0 Å². The molecule has 1 aromatic heterocycles. The van der Waals surface area contributed by atoms with Crippen molar-refractivity contribution in [2.75, 3.05) is 25.6 Å². The summed E-state index contributed by atoms with van der Waals surface area (Å²) >= 11 is 6.17. The van der Waals surface area contributed by atoms with E-state index in [-0.39, 0.29) is 5.56 Å². The van der Waals surface area contributed by atoms with Crippen LogP contribution in [0.2, 0.25) is 5.02 Å². The number of hydrogen-bond acceptors (Lipinski definition) is 5. The summed E-state index contributed by atoms with van der Waals surface area (Å²) in [6.07, 6.45) is 0.989. The molecule has 2 heterocycles. The quantitative estimate of drug-likeness (QED) is 0.878. The molecule has 0 aliphatic carbocycles. The van der Waals surface area contributed by atoms with E-state index in [1.807, 2.05) is 0 Å². The van der Waals surface area contributed by atoms with E-state index in [1.165, 1.54) is 11.7 Å². The summed E-state index contributed by atoms with van der Waals surface area (Å²) in [5, 5.41) is 3.58. The van der Waals surface area contributed by atoms with Gasteiger partial charge < -0.3 is 10.1 Å². The summed E-state index contributed by atoms with van der Waals surface area (Å²) in [5.41, 5.74) is 0.242. The van der Waals surface area contributed by atoms with Gasteiger partial charge in [0.1, 0.15) is 11.6 Å². The fourth-order valence-corrected chi connectivity index (χ4v) is 3.14. The first-order valence-electron chi connectivity index (χ1n) is 7.73. The lowest BCUT2D eigenvalue weighted by Crippen LogP contribution is -2.43. The maximum Gasteiger partial charge on any atom is 0.334 e. The Hall–Kier alpha value is -2.25. The van der Waals surface area contributed by atoms with Crippen LogP contribution in [0.15, 0.2) is 27.8 Å². The third-order valence-corrected chi connectivity index (χ3v) is 4.29. The number of halogens is 1. The number of aromatic amines is 1. The van der Waals surface area contributed by atoms with Gasteiger partial charge in [0, 0.05) is 6.54 Å². The number of nitrogens with zero attached hydrogens (tertiary/aromatic N) is 2. The molecule has 0 saturated heterocycles. The Labute approximate surface area is 143 Å². The van der Waals surface area contributed by atoms with Crippen LogP contribution in [0, 0.1) is 0 Å². The third kappa shape index (κ3) is 2.92. The van der Waals surface area contributed by atoms with Crippen LogP contribution in [0.4, 0.5) is 5.82 Å². The lowest BCUT2D eigenvalue weighted by Gasteiger charge is -2.30. The second-order valence-corrected chi connectivity index (χ2v) is 6.04. The molecule has 0 radical (unpaired) electrons. The van der Waals surface area contributed by atoms with Gasteiger partial charge >= 0.3 is 5.69 Å². The standard InChI is InChI=1S/C16H19ClN4O3/c1-3-6-20-8-11-14(18-9-20)21(16(23)19-15(11)22)10-4-5-13(24-2)12(17)7-10/h4-5,7,18H,3,6,8-9H2,1-2H3,(H,19,22,23). The second kappa shape index (κ2) is 6.70. The van der Waals surface area contributed by atoms with Gasteiger partial charge in [-0.3, -0.25) is 14.7 Å². The topological polar surface area (TPSA) is 79.4 Å². The molecule has 0 atom stereocenters. The fourth-order valence-electron chi connectivity index (χ4n) is 2.89. The summed E-state index contributed by atoms with van der Waals surface area (Å²) < 4.78 is 6.58. The van der Waals surface area contributed by atoms with Crippen LogP contribution in [-0.2, 0) is 6.54 Å². The van der Waals surface area contributed by atoms with Crippen molar-refractivity contribution < 1.29 is 4.74 Å². The maximum absolute atomic E-state index is 12.4. The van der Waals surface area contributed by atoms with Crippen LogP contribution in [0.25, 0.3) is 5.69 Å². The highest BCUT2D eigenvalue weighted by Gasteiger charge is 2.23. The van der Waals surface area contributed by atoms with Gasteiger partial charge in [-0.25, -0.2) is 9.36 Å². The minimum absolute atomic E-state index is 0.362. The number of nitrogens with one attached hydrogen (secondary N) is 2. The molecule has 8 heteroatoms. The molecule has 0 bridgehead atoms. The van der Waals surface area contributed by atoms with Crippen molar-refractivity contribution in [2.45, 2.75) is 19.9 Å². The van der Waals surface area contributed by atoms with Gasteiger partial charge in [-0.05, 0) is 31.2 Å². The number of aromatic nitrogens is 2. The molecule has 7 nitrogen and oxygen atoms in total. The van der Waals surface area contributed by atoms with Gasteiger partial charge in [0.05, 0.1) is 30.1 Å². The molecule has 3 rings (SSSR count). The number of fused-ring (bicyclic) bond motifs is 1. The number of anilines is 1. The number of methoxy groups -OCH3 is 1. The smallest absolute Gasteiger partial charge is 0.334 e. The zero-order valence-corrected chi connectivity index (χ0v) is 14.3. The van der Waals surface area contributed by atoms with Gasteiger partial charge in [0.25, 0.3) is 5.56 Å². The first kappa shape index (κ1) is 16.6. The Morgan fingerprint density at radius 2 is 2.12 bits per heavy atom. The molecule has 2 aromatic rings. The molecule has 1 aliphatic rings. The molecule has 1 aromatic carbocycles. The summed E-state index contributed by atoms with van der Waals surface area (Å²) in [6, 6.07) is 5.05. The molecule has 0 amide bonds. The number of hydrogen-bond donors (Lipinski definition) is 2. The predicted octanol–water partition coefficient (Wildman–Crippen LogP) is 1.78. The van der Waals surface area contributed by atoms with E-state index in [1.54, 1.807) is 18.2 Å². The van der Waals surface area contributed by atoms with Gasteiger partial charge in [-0.2, -0.15) is 0 Å². The monoisotopic (exact) mass is 350 g/mol. The predicted molar refractivity (Wildman–Crippen MR) is 93.4 cm³/mol. The zero-order valence-electron chi connectivity index (χ0n) is 13.6. The van der Waals surface area contributed by atoms with Crippen LogP contribution in [0.1, 0.15) is 18.9 Å². The Morgan fingerprint density at radius 1 is 1.33 bits per heavy atom. The average Bonchev–Trinajstić information content (AvgIpc) is 2.56. The molecule has 1 aliphatic heterocycles. The SMILES string of the molecule is CCCN1CNc2c(c(=O)[nH]c(=O)n2-c2ccc(OC)c(Cl)c2)C1. The molecule has 0 saturated carbocycles. The largest absolute Gasteiger partial charge is 0.495 e. The fraction of sp³-hybridized carbons (Fsp3) is 0.375. The Kier molecular flexibility index (Phi) is 4.64. The van der Waals surface area contributed by atoms with E-state index in [2.05, 4.69) is 22.1 Å². The van der Waals surface area contributed by atoms with Crippen LogP contribution >= 0.6 is 11.6 Å². The van der Waals surface area contributed by atoms with Crippen molar-refractivity contribution in [3.63, 3.8) is 0 Å².